The Labute approximate surface area is 135 Å². The molecule has 0 amide bonds. The van der Waals surface area contributed by atoms with E-state index >= 15 is 0 Å². The molecule has 2 aromatic carbocycles. The first kappa shape index (κ1) is 15.6. The minimum Gasteiger partial charge on any atom is -0.0840 e. The summed E-state index contributed by atoms with van der Waals surface area (Å²) in [4.78, 5) is 0.311. The topological polar surface area (TPSA) is 0 Å². The smallest absolute Gasteiger partial charge is 0.0466 e. The third-order valence-corrected chi connectivity index (χ3v) is 5.40. The zero-order valence-corrected chi connectivity index (χ0v) is 14.5. The van der Waals surface area contributed by atoms with Gasteiger partial charge >= 0.3 is 0 Å². The molecule has 0 nitrogen and oxygen atoms in total. The van der Waals surface area contributed by atoms with E-state index in [4.69, 9.17) is 11.6 Å². The molecule has 2 atom stereocenters. The van der Waals surface area contributed by atoms with Gasteiger partial charge in [-0.2, -0.15) is 0 Å². The maximum Gasteiger partial charge on any atom is 0.0466 e. The zero-order valence-electron chi connectivity index (χ0n) is 12.2. The van der Waals surface area contributed by atoms with E-state index in [0.29, 0.717) is 10.7 Å². The van der Waals surface area contributed by atoms with Gasteiger partial charge in [-0.15, -0.1) is 0 Å². The highest BCUT2D eigenvalue weighted by Gasteiger charge is 2.22. The molecule has 2 heteroatoms. The van der Waals surface area contributed by atoms with E-state index in [-0.39, 0.29) is 0 Å². The Bertz CT molecular complexity index is 577. The van der Waals surface area contributed by atoms with Crippen molar-refractivity contribution in [1.29, 1.82) is 0 Å². The van der Waals surface area contributed by atoms with Crippen molar-refractivity contribution >= 4 is 27.5 Å². The van der Waals surface area contributed by atoms with Gasteiger partial charge in [0.15, 0.2) is 0 Å². The van der Waals surface area contributed by atoms with E-state index in [9.17, 15) is 0 Å². The quantitative estimate of drug-likeness (QED) is 0.545. The van der Waals surface area contributed by atoms with Gasteiger partial charge in [0.05, 0.1) is 0 Å². The molecule has 0 aliphatic rings. The first-order valence-electron chi connectivity index (χ1n) is 7.00. The standard InChI is InChI=1S/C18H20BrCl/c1-4-15(14-8-6-5-7-9-14)18(19)16-10-13(3)17(20)11-12(16)2/h5-11,15,18H,4H2,1-3H3. The van der Waals surface area contributed by atoms with E-state index in [1.165, 1.54) is 16.7 Å². The largest absolute Gasteiger partial charge is 0.0840 e. The Kier molecular flexibility index (Phi) is 5.29. The van der Waals surface area contributed by atoms with Crippen LogP contribution in [-0.4, -0.2) is 0 Å². The molecule has 0 heterocycles. The second-order valence-corrected chi connectivity index (χ2v) is 6.68. The molecule has 2 rings (SSSR count). The van der Waals surface area contributed by atoms with Gasteiger partial charge in [0.2, 0.25) is 0 Å². The number of benzene rings is 2. The highest BCUT2D eigenvalue weighted by Crippen LogP contribution is 2.42. The summed E-state index contributed by atoms with van der Waals surface area (Å²) in [5, 5.41) is 0.846. The van der Waals surface area contributed by atoms with E-state index in [1.54, 1.807) is 0 Å². The number of alkyl halides is 1. The SMILES string of the molecule is CCC(c1ccccc1)C(Br)c1cc(C)c(Cl)cc1C. The average molecular weight is 352 g/mol. The second-order valence-electron chi connectivity index (χ2n) is 5.29. The average Bonchev–Trinajstić information content (AvgIpc) is 2.44. The lowest BCUT2D eigenvalue weighted by Gasteiger charge is -2.24. The Morgan fingerprint density at radius 1 is 1.05 bits per heavy atom. The minimum absolute atomic E-state index is 0.311. The molecule has 0 aliphatic heterocycles. The van der Waals surface area contributed by atoms with Gasteiger partial charge < -0.3 is 0 Å². The van der Waals surface area contributed by atoms with E-state index in [0.717, 1.165) is 17.0 Å². The maximum absolute atomic E-state index is 6.21. The van der Waals surface area contributed by atoms with Crippen LogP contribution in [-0.2, 0) is 0 Å². The number of hydrogen-bond donors (Lipinski definition) is 0. The zero-order chi connectivity index (χ0) is 14.7. The Hall–Kier alpha value is -0.790. The summed E-state index contributed by atoms with van der Waals surface area (Å²) in [5.74, 6) is 0.468. The van der Waals surface area contributed by atoms with E-state index in [2.05, 4.69) is 79.2 Å². The van der Waals surface area contributed by atoms with Crippen LogP contribution >= 0.6 is 27.5 Å². The third kappa shape index (κ3) is 3.27. The molecular formula is C18H20BrCl. The minimum atomic E-state index is 0.311. The van der Waals surface area contributed by atoms with Crippen molar-refractivity contribution in [2.75, 3.05) is 0 Å². The molecule has 0 aliphatic carbocycles. The summed E-state index contributed by atoms with van der Waals surface area (Å²) in [7, 11) is 0. The molecule has 106 valence electrons. The normalized spacial score (nSPS) is 14.1. The first-order chi connectivity index (χ1) is 9.54. The number of rotatable bonds is 4. The van der Waals surface area contributed by atoms with Crippen molar-refractivity contribution in [2.24, 2.45) is 0 Å². The molecule has 0 spiro atoms. The van der Waals surface area contributed by atoms with Crippen LogP contribution in [0.25, 0.3) is 0 Å². The Morgan fingerprint density at radius 3 is 2.30 bits per heavy atom. The van der Waals surface area contributed by atoms with Gasteiger partial charge in [0.1, 0.15) is 0 Å². The lowest BCUT2D eigenvalue weighted by molar-refractivity contribution is 0.652. The van der Waals surface area contributed by atoms with Gasteiger partial charge in [0, 0.05) is 15.8 Å². The number of halogens is 2. The fourth-order valence-electron chi connectivity index (χ4n) is 2.63. The molecule has 0 bridgehead atoms. The highest BCUT2D eigenvalue weighted by atomic mass is 79.9. The number of aryl methyl sites for hydroxylation is 2. The maximum atomic E-state index is 6.21. The molecule has 0 saturated carbocycles. The Balaban J connectivity index is 2.39. The van der Waals surface area contributed by atoms with Crippen LogP contribution in [0.5, 0.6) is 0 Å². The van der Waals surface area contributed by atoms with Crippen molar-refractivity contribution in [3.8, 4) is 0 Å². The summed E-state index contributed by atoms with van der Waals surface area (Å²) in [5.41, 5.74) is 5.10. The third-order valence-electron chi connectivity index (χ3n) is 3.87. The summed E-state index contributed by atoms with van der Waals surface area (Å²) in [6.07, 6.45) is 1.10. The highest BCUT2D eigenvalue weighted by molar-refractivity contribution is 9.09. The molecule has 2 unspecified atom stereocenters. The summed E-state index contributed by atoms with van der Waals surface area (Å²) >= 11 is 10.1. The molecule has 0 N–H and O–H groups in total. The van der Waals surface area contributed by atoms with Gasteiger partial charge in [-0.05, 0) is 48.6 Å². The predicted molar refractivity (Wildman–Crippen MR) is 92.1 cm³/mol. The van der Waals surface area contributed by atoms with Gasteiger partial charge in [-0.3, -0.25) is 0 Å². The lowest BCUT2D eigenvalue weighted by Crippen LogP contribution is -2.07. The summed E-state index contributed by atoms with van der Waals surface area (Å²) < 4.78 is 0. The lowest BCUT2D eigenvalue weighted by atomic mass is 9.87. The van der Waals surface area contributed by atoms with Gasteiger partial charge in [-0.25, -0.2) is 0 Å². The van der Waals surface area contributed by atoms with Crippen LogP contribution in [0.15, 0.2) is 42.5 Å². The summed E-state index contributed by atoms with van der Waals surface area (Å²) in [6, 6.07) is 15.0. The van der Waals surface area contributed by atoms with Crippen molar-refractivity contribution in [2.45, 2.75) is 37.9 Å². The van der Waals surface area contributed by atoms with Crippen molar-refractivity contribution in [1.82, 2.24) is 0 Å². The van der Waals surface area contributed by atoms with Crippen molar-refractivity contribution in [3.05, 3.63) is 69.7 Å². The fourth-order valence-corrected chi connectivity index (χ4v) is 4.02. The van der Waals surface area contributed by atoms with Crippen LogP contribution < -0.4 is 0 Å². The van der Waals surface area contributed by atoms with Crippen LogP contribution in [0.3, 0.4) is 0 Å². The van der Waals surface area contributed by atoms with E-state index < -0.39 is 0 Å². The first-order valence-corrected chi connectivity index (χ1v) is 8.29. The Morgan fingerprint density at radius 2 is 1.70 bits per heavy atom. The van der Waals surface area contributed by atoms with Crippen LogP contribution in [0, 0.1) is 13.8 Å². The van der Waals surface area contributed by atoms with Crippen LogP contribution in [0.2, 0.25) is 5.02 Å². The molecule has 20 heavy (non-hydrogen) atoms. The second kappa shape index (κ2) is 6.78. The molecule has 0 saturated heterocycles. The van der Waals surface area contributed by atoms with Crippen molar-refractivity contribution in [3.63, 3.8) is 0 Å². The molecule has 0 radical (unpaired) electrons. The number of hydrogen-bond acceptors (Lipinski definition) is 0. The predicted octanol–water partition coefficient (Wildman–Crippen LogP) is 6.59. The molecular weight excluding hydrogens is 332 g/mol. The van der Waals surface area contributed by atoms with Crippen LogP contribution in [0.4, 0.5) is 0 Å². The molecule has 0 aromatic heterocycles. The fraction of sp³-hybridized carbons (Fsp3) is 0.333. The van der Waals surface area contributed by atoms with E-state index in [1.807, 2.05) is 0 Å². The van der Waals surface area contributed by atoms with Gasteiger partial charge in [0.25, 0.3) is 0 Å². The van der Waals surface area contributed by atoms with Gasteiger partial charge in [-0.1, -0.05) is 70.9 Å². The van der Waals surface area contributed by atoms with Crippen LogP contribution in [0.1, 0.15) is 46.3 Å². The molecule has 2 aromatic rings. The molecule has 0 fully saturated rings. The van der Waals surface area contributed by atoms with Crippen molar-refractivity contribution < 1.29 is 0 Å². The summed E-state index contributed by atoms with van der Waals surface area (Å²) in [6.45, 7) is 6.44. The monoisotopic (exact) mass is 350 g/mol.